The Morgan fingerprint density at radius 1 is 1.44 bits per heavy atom. The maximum absolute atomic E-state index is 6.16. The Morgan fingerprint density at radius 3 is 2.67 bits per heavy atom. The molecule has 1 aromatic carbocycles. The molecule has 3 N–H and O–H groups in total. The molecule has 4 nitrogen and oxygen atoms in total. The molecule has 96 valence electrons. The minimum Gasteiger partial charge on any atom is -0.271 e. The van der Waals surface area contributed by atoms with Crippen LogP contribution in [0.25, 0.3) is 0 Å². The molecule has 1 atom stereocenters. The van der Waals surface area contributed by atoms with Crippen LogP contribution in [-0.4, -0.2) is 9.78 Å². The maximum atomic E-state index is 6.16. The second kappa shape index (κ2) is 5.40. The predicted molar refractivity (Wildman–Crippen MR) is 76.3 cm³/mol. The second-order valence-corrected chi connectivity index (χ2v) is 5.49. The van der Waals surface area contributed by atoms with E-state index in [1.165, 1.54) is 0 Å². The fourth-order valence-electron chi connectivity index (χ4n) is 2.01. The highest BCUT2D eigenvalue weighted by atomic mass is 79.9. The van der Waals surface area contributed by atoms with E-state index >= 15 is 0 Å². The summed E-state index contributed by atoms with van der Waals surface area (Å²) in [6, 6.07) is 5.93. The molecule has 0 aliphatic carbocycles. The molecular weight excluding hydrogens is 316 g/mol. The third kappa shape index (κ3) is 2.59. The Morgan fingerprint density at radius 2 is 2.17 bits per heavy atom. The summed E-state index contributed by atoms with van der Waals surface area (Å²) in [6.07, 6.45) is 1.62. The summed E-state index contributed by atoms with van der Waals surface area (Å²) >= 11 is 9.64. The molecule has 2 rings (SSSR count). The zero-order valence-corrected chi connectivity index (χ0v) is 12.5. The van der Waals surface area contributed by atoms with Gasteiger partial charge in [0.15, 0.2) is 0 Å². The molecule has 6 heteroatoms. The van der Waals surface area contributed by atoms with Crippen molar-refractivity contribution in [1.29, 1.82) is 0 Å². The quantitative estimate of drug-likeness (QED) is 0.672. The zero-order chi connectivity index (χ0) is 13.3. The lowest BCUT2D eigenvalue weighted by atomic mass is 10.0. The largest absolute Gasteiger partial charge is 0.271 e. The van der Waals surface area contributed by atoms with Gasteiger partial charge in [0.1, 0.15) is 0 Å². The van der Waals surface area contributed by atoms with Crippen LogP contribution in [-0.2, 0) is 7.05 Å². The normalized spacial score (nSPS) is 12.7. The molecule has 0 amide bonds. The summed E-state index contributed by atoms with van der Waals surface area (Å²) in [7, 11) is 1.84. The van der Waals surface area contributed by atoms with Crippen LogP contribution >= 0.6 is 27.5 Å². The van der Waals surface area contributed by atoms with E-state index in [1.54, 1.807) is 10.9 Å². The fourth-order valence-corrected chi connectivity index (χ4v) is 2.91. The number of nitrogens with two attached hydrogens (primary N) is 1. The topological polar surface area (TPSA) is 55.9 Å². The van der Waals surface area contributed by atoms with Gasteiger partial charge in [0.05, 0.1) is 23.0 Å². The van der Waals surface area contributed by atoms with Gasteiger partial charge in [-0.3, -0.25) is 10.5 Å². The minimum atomic E-state index is -0.193. The van der Waals surface area contributed by atoms with Gasteiger partial charge in [0.25, 0.3) is 0 Å². The van der Waals surface area contributed by atoms with E-state index in [4.69, 9.17) is 17.4 Å². The van der Waals surface area contributed by atoms with Crippen molar-refractivity contribution in [3.05, 3.63) is 50.7 Å². The fraction of sp³-hybridized carbons (Fsp3) is 0.250. The number of hydrogen-bond acceptors (Lipinski definition) is 3. The number of halogens is 2. The average molecular weight is 330 g/mol. The van der Waals surface area contributed by atoms with E-state index in [9.17, 15) is 0 Å². The molecule has 0 fully saturated rings. The summed E-state index contributed by atoms with van der Waals surface area (Å²) in [5.41, 5.74) is 5.82. The van der Waals surface area contributed by atoms with Crippen LogP contribution in [0.15, 0.2) is 28.9 Å². The van der Waals surface area contributed by atoms with Gasteiger partial charge < -0.3 is 0 Å². The number of hydrazine groups is 1. The van der Waals surface area contributed by atoms with Crippen molar-refractivity contribution in [3.8, 4) is 0 Å². The first-order valence-corrected chi connectivity index (χ1v) is 6.60. The lowest BCUT2D eigenvalue weighted by Gasteiger charge is -2.18. The predicted octanol–water partition coefficient (Wildman–Crippen LogP) is 2.70. The summed E-state index contributed by atoms with van der Waals surface area (Å²) < 4.78 is 2.74. The molecule has 18 heavy (non-hydrogen) atoms. The summed E-state index contributed by atoms with van der Waals surface area (Å²) in [5, 5.41) is 4.73. The second-order valence-electron chi connectivity index (χ2n) is 4.16. The SMILES string of the molecule is Cc1cc(Br)cc(C(NN)c2c(Cl)cnn2C)c1. The Bertz CT molecular complexity index is 527. The molecule has 0 saturated carbocycles. The van der Waals surface area contributed by atoms with E-state index in [0.717, 1.165) is 21.3 Å². The van der Waals surface area contributed by atoms with E-state index in [2.05, 4.69) is 32.5 Å². The monoisotopic (exact) mass is 328 g/mol. The first kappa shape index (κ1) is 13.5. The van der Waals surface area contributed by atoms with Crippen LogP contribution in [0.1, 0.15) is 22.9 Å². The summed E-state index contributed by atoms with van der Waals surface area (Å²) in [6.45, 7) is 2.03. The van der Waals surface area contributed by atoms with Crippen molar-refractivity contribution >= 4 is 27.5 Å². The van der Waals surface area contributed by atoms with Gasteiger partial charge >= 0.3 is 0 Å². The highest BCUT2D eigenvalue weighted by Gasteiger charge is 2.20. The molecule has 1 unspecified atom stereocenters. The Kier molecular flexibility index (Phi) is 4.07. The van der Waals surface area contributed by atoms with Gasteiger partial charge in [-0.15, -0.1) is 0 Å². The van der Waals surface area contributed by atoms with Gasteiger partial charge in [0, 0.05) is 11.5 Å². The van der Waals surface area contributed by atoms with Crippen molar-refractivity contribution in [1.82, 2.24) is 15.2 Å². The van der Waals surface area contributed by atoms with Crippen molar-refractivity contribution in [2.75, 3.05) is 0 Å². The number of rotatable bonds is 3. The highest BCUT2D eigenvalue weighted by Crippen LogP contribution is 2.29. The number of benzene rings is 1. The number of aromatic nitrogens is 2. The molecule has 0 aliphatic rings. The van der Waals surface area contributed by atoms with E-state index in [-0.39, 0.29) is 6.04 Å². The van der Waals surface area contributed by atoms with E-state index in [0.29, 0.717) is 5.02 Å². The van der Waals surface area contributed by atoms with E-state index < -0.39 is 0 Å². The molecule has 1 aromatic heterocycles. The summed E-state index contributed by atoms with van der Waals surface area (Å²) in [4.78, 5) is 0. The zero-order valence-electron chi connectivity index (χ0n) is 10.1. The highest BCUT2D eigenvalue weighted by molar-refractivity contribution is 9.10. The lowest BCUT2D eigenvalue weighted by molar-refractivity contribution is 0.575. The Hall–Kier alpha value is -0.880. The minimum absolute atomic E-state index is 0.193. The van der Waals surface area contributed by atoms with Crippen molar-refractivity contribution in [2.45, 2.75) is 13.0 Å². The third-order valence-corrected chi connectivity index (χ3v) is 3.52. The third-order valence-electron chi connectivity index (χ3n) is 2.78. The van der Waals surface area contributed by atoms with Gasteiger partial charge in [-0.05, 0) is 30.2 Å². The van der Waals surface area contributed by atoms with Crippen LogP contribution in [0.5, 0.6) is 0 Å². The first-order chi connectivity index (χ1) is 8.52. The van der Waals surface area contributed by atoms with Crippen LogP contribution in [0.3, 0.4) is 0 Å². The van der Waals surface area contributed by atoms with Gasteiger partial charge in [-0.25, -0.2) is 5.43 Å². The average Bonchev–Trinajstić information content (AvgIpc) is 2.61. The molecule has 0 aliphatic heterocycles. The molecule has 2 aromatic rings. The van der Waals surface area contributed by atoms with Crippen LogP contribution in [0, 0.1) is 6.92 Å². The first-order valence-electron chi connectivity index (χ1n) is 5.43. The van der Waals surface area contributed by atoms with Crippen molar-refractivity contribution < 1.29 is 0 Å². The molecule has 0 bridgehead atoms. The standard InChI is InChI=1S/C12H14BrClN4/c1-7-3-8(5-9(13)4-7)11(17-15)12-10(14)6-16-18(12)2/h3-6,11,17H,15H2,1-2H3. The van der Waals surface area contributed by atoms with Gasteiger partial charge in [0.2, 0.25) is 0 Å². The van der Waals surface area contributed by atoms with Crippen LogP contribution in [0.2, 0.25) is 5.02 Å². The number of hydrogen-bond donors (Lipinski definition) is 2. The summed E-state index contributed by atoms with van der Waals surface area (Å²) in [5.74, 6) is 5.67. The Labute approximate surface area is 119 Å². The number of nitrogens with zero attached hydrogens (tertiary/aromatic N) is 2. The number of aryl methyl sites for hydroxylation is 2. The number of nitrogens with one attached hydrogen (secondary N) is 1. The maximum Gasteiger partial charge on any atom is 0.0893 e. The molecule has 0 radical (unpaired) electrons. The Balaban J connectivity index is 2.52. The van der Waals surface area contributed by atoms with Gasteiger partial charge in [-0.2, -0.15) is 5.10 Å². The molecular formula is C12H14BrClN4. The van der Waals surface area contributed by atoms with Crippen molar-refractivity contribution in [2.24, 2.45) is 12.9 Å². The van der Waals surface area contributed by atoms with E-state index in [1.807, 2.05) is 26.1 Å². The lowest BCUT2D eigenvalue weighted by Crippen LogP contribution is -2.30. The van der Waals surface area contributed by atoms with Crippen molar-refractivity contribution in [3.63, 3.8) is 0 Å². The van der Waals surface area contributed by atoms with Gasteiger partial charge in [-0.1, -0.05) is 33.6 Å². The smallest absolute Gasteiger partial charge is 0.0893 e. The van der Waals surface area contributed by atoms with Crippen LogP contribution < -0.4 is 11.3 Å². The van der Waals surface area contributed by atoms with Crippen LogP contribution in [0.4, 0.5) is 0 Å². The molecule has 0 saturated heterocycles. The molecule has 0 spiro atoms. The molecule has 1 heterocycles.